The van der Waals surface area contributed by atoms with Crippen LogP contribution in [-0.4, -0.2) is 31.4 Å². The van der Waals surface area contributed by atoms with Crippen LogP contribution in [-0.2, 0) is 6.54 Å². The van der Waals surface area contributed by atoms with Gasteiger partial charge in [-0.3, -0.25) is 29.3 Å². The first-order chi connectivity index (χ1) is 12.0. The van der Waals surface area contributed by atoms with Crippen LogP contribution in [0, 0.1) is 10.1 Å². The van der Waals surface area contributed by atoms with E-state index in [1.807, 2.05) is 16.9 Å². The van der Waals surface area contributed by atoms with E-state index in [1.165, 1.54) is 25.0 Å². The van der Waals surface area contributed by atoms with E-state index in [2.05, 4.69) is 5.10 Å². The number of nitro groups is 1. The minimum Gasteiger partial charge on any atom is -0.269 e. The van der Waals surface area contributed by atoms with Gasteiger partial charge in [-0.05, 0) is 25.0 Å². The van der Waals surface area contributed by atoms with Gasteiger partial charge >= 0.3 is 0 Å². The number of non-ortho nitro benzene ring substituents is 1. The predicted molar refractivity (Wildman–Crippen MR) is 87.0 cm³/mol. The highest BCUT2D eigenvalue weighted by Crippen LogP contribution is 2.30. The van der Waals surface area contributed by atoms with Crippen LogP contribution in [0.5, 0.6) is 0 Å². The van der Waals surface area contributed by atoms with Crippen LogP contribution < -0.4 is 0 Å². The van der Waals surface area contributed by atoms with Gasteiger partial charge < -0.3 is 0 Å². The van der Waals surface area contributed by atoms with Crippen LogP contribution in [0.15, 0.2) is 30.5 Å². The summed E-state index contributed by atoms with van der Waals surface area (Å²) >= 11 is 0. The standard InChI is InChI=1S/C17H16N4O4/c22-16-14-6-5-13(21(24)25)9-15(14)17(23)19(16)10-11-7-8-20(18-11)12-3-1-2-4-12/h5-9,12H,1-4,10H2. The molecule has 4 rings (SSSR count). The van der Waals surface area contributed by atoms with Crippen molar-refractivity contribution in [3.05, 3.63) is 57.4 Å². The van der Waals surface area contributed by atoms with Gasteiger partial charge in [0.1, 0.15) is 0 Å². The average Bonchev–Trinajstić information content (AvgIpc) is 3.32. The van der Waals surface area contributed by atoms with E-state index in [-0.39, 0.29) is 23.4 Å². The lowest BCUT2D eigenvalue weighted by atomic mass is 10.1. The SMILES string of the molecule is O=C1c2ccc([N+](=O)[O-])cc2C(=O)N1Cc1ccn(C2CCCC2)n1. The summed E-state index contributed by atoms with van der Waals surface area (Å²) in [5.41, 5.74) is 0.711. The van der Waals surface area contributed by atoms with Crippen molar-refractivity contribution in [2.24, 2.45) is 0 Å². The lowest BCUT2D eigenvalue weighted by Gasteiger charge is -2.12. The van der Waals surface area contributed by atoms with Gasteiger partial charge in [0.25, 0.3) is 17.5 Å². The van der Waals surface area contributed by atoms with Crippen molar-refractivity contribution in [1.82, 2.24) is 14.7 Å². The lowest BCUT2D eigenvalue weighted by Crippen LogP contribution is -2.29. The zero-order valence-corrected chi connectivity index (χ0v) is 13.4. The number of carbonyl (C=O) groups is 2. The Labute approximate surface area is 143 Å². The molecule has 1 aromatic carbocycles. The monoisotopic (exact) mass is 340 g/mol. The van der Waals surface area contributed by atoms with E-state index in [9.17, 15) is 19.7 Å². The van der Waals surface area contributed by atoms with E-state index in [1.54, 1.807) is 0 Å². The third-order valence-corrected chi connectivity index (χ3v) is 4.85. The number of carbonyl (C=O) groups excluding carboxylic acids is 2. The third-order valence-electron chi connectivity index (χ3n) is 4.85. The van der Waals surface area contributed by atoms with Crippen LogP contribution in [0.25, 0.3) is 0 Å². The normalized spacial score (nSPS) is 17.4. The molecule has 0 atom stereocenters. The topological polar surface area (TPSA) is 98.3 Å². The summed E-state index contributed by atoms with van der Waals surface area (Å²) in [6.07, 6.45) is 6.46. The Balaban J connectivity index is 1.56. The van der Waals surface area contributed by atoms with Gasteiger partial charge in [0.15, 0.2) is 0 Å². The summed E-state index contributed by atoms with van der Waals surface area (Å²) in [4.78, 5) is 36.3. The van der Waals surface area contributed by atoms with Gasteiger partial charge in [0.05, 0.1) is 34.3 Å². The molecular weight excluding hydrogens is 324 g/mol. The molecule has 0 saturated heterocycles. The molecule has 2 aromatic rings. The van der Waals surface area contributed by atoms with Crippen molar-refractivity contribution < 1.29 is 14.5 Å². The van der Waals surface area contributed by atoms with E-state index in [0.29, 0.717) is 11.7 Å². The molecule has 0 unspecified atom stereocenters. The summed E-state index contributed by atoms with van der Waals surface area (Å²) in [5, 5.41) is 15.4. The zero-order chi connectivity index (χ0) is 17.6. The van der Waals surface area contributed by atoms with Gasteiger partial charge in [0, 0.05) is 18.3 Å². The quantitative estimate of drug-likeness (QED) is 0.484. The number of fused-ring (bicyclic) bond motifs is 1. The van der Waals surface area contributed by atoms with Crippen molar-refractivity contribution in [1.29, 1.82) is 0 Å². The molecule has 2 amide bonds. The first-order valence-corrected chi connectivity index (χ1v) is 8.23. The highest BCUT2D eigenvalue weighted by molar-refractivity contribution is 6.21. The number of benzene rings is 1. The molecule has 1 fully saturated rings. The summed E-state index contributed by atoms with van der Waals surface area (Å²) in [7, 11) is 0. The van der Waals surface area contributed by atoms with Gasteiger partial charge in [-0.1, -0.05) is 12.8 Å². The van der Waals surface area contributed by atoms with Crippen molar-refractivity contribution in [3.63, 3.8) is 0 Å². The van der Waals surface area contributed by atoms with Gasteiger partial charge in [-0.2, -0.15) is 5.10 Å². The highest BCUT2D eigenvalue weighted by Gasteiger charge is 2.37. The van der Waals surface area contributed by atoms with Crippen molar-refractivity contribution in [2.45, 2.75) is 38.3 Å². The van der Waals surface area contributed by atoms with Crippen LogP contribution >= 0.6 is 0 Å². The fourth-order valence-electron chi connectivity index (χ4n) is 3.53. The van der Waals surface area contributed by atoms with Crippen molar-refractivity contribution >= 4 is 17.5 Å². The number of aromatic nitrogens is 2. The summed E-state index contributed by atoms with van der Waals surface area (Å²) in [6.45, 7) is 0.0693. The minimum atomic E-state index is -0.579. The number of hydrogen-bond acceptors (Lipinski definition) is 5. The van der Waals surface area contributed by atoms with Crippen molar-refractivity contribution in [2.75, 3.05) is 0 Å². The largest absolute Gasteiger partial charge is 0.270 e. The molecule has 0 radical (unpaired) electrons. The van der Waals surface area contributed by atoms with Gasteiger partial charge in [0.2, 0.25) is 0 Å². The molecule has 2 heterocycles. The maximum Gasteiger partial charge on any atom is 0.270 e. The van der Waals surface area contributed by atoms with Crippen LogP contribution in [0.2, 0.25) is 0 Å². The second kappa shape index (κ2) is 5.80. The summed E-state index contributed by atoms with van der Waals surface area (Å²) in [6, 6.07) is 5.93. The molecule has 0 N–H and O–H groups in total. The molecule has 2 aliphatic rings. The molecule has 8 heteroatoms. The second-order valence-corrected chi connectivity index (χ2v) is 6.41. The lowest BCUT2D eigenvalue weighted by molar-refractivity contribution is -0.384. The van der Waals surface area contributed by atoms with E-state index < -0.39 is 16.7 Å². The number of imide groups is 1. The first kappa shape index (κ1) is 15.5. The fraction of sp³-hybridized carbons (Fsp3) is 0.353. The Morgan fingerprint density at radius 1 is 1.12 bits per heavy atom. The summed E-state index contributed by atoms with van der Waals surface area (Å²) in [5.74, 6) is -0.954. The van der Waals surface area contributed by atoms with E-state index in [0.717, 1.165) is 23.8 Å². The number of rotatable bonds is 4. The van der Waals surface area contributed by atoms with Gasteiger partial charge in [-0.25, -0.2) is 0 Å². The number of nitrogens with zero attached hydrogens (tertiary/aromatic N) is 4. The number of nitro benzene ring substituents is 1. The van der Waals surface area contributed by atoms with Crippen LogP contribution in [0.3, 0.4) is 0 Å². The van der Waals surface area contributed by atoms with Crippen molar-refractivity contribution in [3.8, 4) is 0 Å². The van der Waals surface area contributed by atoms with Crippen LogP contribution in [0.1, 0.15) is 58.1 Å². The fourth-order valence-corrected chi connectivity index (χ4v) is 3.53. The number of hydrogen-bond donors (Lipinski definition) is 0. The molecule has 1 aromatic heterocycles. The Hall–Kier alpha value is -3.03. The van der Waals surface area contributed by atoms with E-state index >= 15 is 0 Å². The minimum absolute atomic E-state index is 0.0693. The van der Waals surface area contributed by atoms with E-state index in [4.69, 9.17) is 0 Å². The smallest absolute Gasteiger partial charge is 0.269 e. The van der Waals surface area contributed by atoms with Gasteiger partial charge in [-0.15, -0.1) is 0 Å². The van der Waals surface area contributed by atoms with Crippen LogP contribution in [0.4, 0.5) is 5.69 Å². The molecule has 0 bridgehead atoms. The third kappa shape index (κ3) is 2.59. The maximum atomic E-state index is 12.5. The molecule has 128 valence electrons. The number of amides is 2. The summed E-state index contributed by atoms with van der Waals surface area (Å²) < 4.78 is 1.91. The highest BCUT2D eigenvalue weighted by atomic mass is 16.6. The molecular formula is C17H16N4O4. The Bertz CT molecular complexity index is 883. The Morgan fingerprint density at radius 3 is 2.56 bits per heavy atom. The molecule has 8 nitrogen and oxygen atoms in total. The Kier molecular flexibility index (Phi) is 3.60. The zero-order valence-electron chi connectivity index (χ0n) is 13.4. The maximum absolute atomic E-state index is 12.5. The molecule has 0 spiro atoms. The average molecular weight is 340 g/mol. The molecule has 1 aliphatic heterocycles. The second-order valence-electron chi connectivity index (χ2n) is 6.41. The molecule has 1 aliphatic carbocycles. The first-order valence-electron chi connectivity index (χ1n) is 8.23. The Morgan fingerprint density at radius 2 is 1.84 bits per heavy atom. The predicted octanol–water partition coefficient (Wildman–Crippen LogP) is 2.70. The molecule has 1 saturated carbocycles. The molecule has 25 heavy (non-hydrogen) atoms.